The van der Waals surface area contributed by atoms with E-state index in [1.54, 1.807) is 44.4 Å². The first kappa shape index (κ1) is 14.3. The molecule has 0 spiro atoms. The van der Waals surface area contributed by atoms with Crippen molar-refractivity contribution in [1.29, 1.82) is 0 Å². The molecule has 0 bridgehead atoms. The van der Waals surface area contributed by atoms with Crippen LogP contribution in [0.15, 0.2) is 36.4 Å². The summed E-state index contributed by atoms with van der Waals surface area (Å²) in [5.74, 6) is 0.634. The van der Waals surface area contributed by atoms with Gasteiger partial charge in [0.25, 0.3) is 0 Å². The zero-order valence-electron chi connectivity index (χ0n) is 11.7. The van der Waals surface area contributed by atoms with E-state index in [9.17, 15) is 9.50 Å². The predicted octanol–water partition coefficient (Wildman–Crippen LogP) is 3.23. The van der Waals surface area contributed by atoms with Crippen LogP contribution in [0.2, 0.25) is 0 Å². The van der Waals surface area contributed by atoms with E-state index >= 15 is 0 Å². The second kappa shape index (κ2) is 5.92. The topological polar surface area (TPSA) is 38.7 Å². The van der Waals surface area contributed by atoms with Crippen LogP contribution in [0.25, 0.3) is 0 Å². The van der Waals surface area contributed by atoms with Crippen molar-refractivity contribution < 1.29 is 19.0 Å². The maximum absolute atomic E-state index is 13.9. The fourth-order valence-electron chi connectivity index (χ4n) is 2.07. The molecule has 0 saturated carbocycles. The van der Waals surface area contributed by atoms with Crippen LogP contribution >= 0.6 is 0 Å². The molecule has 2 aromatic rings. The Morgan fingerprint density at radius 2 is 1.70 bits per heavy atom. The average Bonchev–Trinajstić information content (AvgIpc) is 2.46. The smallest absolute Gasteiger partial charge is 0.129 e. The summed E-state index contributed by atoms with van der Waals surface area (Å²) in [4.78, 5) is 0. The largest absolute Gasteiger partial charge is 0.497 e. The van der Waals surface area contributed by atoms with Crippen molar-refractivity contribution >= 4 is 0 Å². The zero-order chi connectivity index (χ0) is 14.7. The van der Waals surface area contributed by atoms with Crippen LogP contribution in [0.5, 0.6) is 11.5 Å². The molecule has 20 heavy (non-hydrogen) atoms. The van der Waals surface area contributed by atoms with Crippen LogP contribution in [0, 0.1) is 12.7 Å². The lowest BCUT2D eigenvalue weighted by Crippen LogP contribution is -2.05. The zero-order valence-corrected chi connectivity index (χ0v) is 11.7. The Morgan fingerprint density at radius 1 is 1.00 bits per heavy atom. The van der Waals surface area contributed by atoms with Crippen molar-refractivity contribution in [3.63, 3.8) is 0 Å². The Bertz CT molecular complexity index is 611. The van der Waals surface area contributed by atoms with Gasteiger partial charge in [0.2, 0.25) is 0 Å². The van der Waals surface area contributed by atoms with Gasteiger partial charge in [-0.05, 0) is 30.7 Å². The lowest BCUT2D eigenvalue weighted by Gasteiger charge is -2.17. The van der Waals surface area contributed by atoms with E-state index < -0.39 is 11.9 Å². The highest BCUT2D eigenvalue weighted by Crippen LogP contribution is 2.34. The van der Waals surface area contributed by atoms with Gasteiger partial charge in [-0.15, -0.1) is 0 Å². The van der Waals surface area contributed by atoms with E-state index in [0.29, 0.717) is 17.1 Å². The third kappa shape index (κ3) is 2.75. The van der Waals surface area contributed by atoms with Crippen LogP contribution in [-0.2, 0) is 0 Å². The van der Waals surface area contributed by atoms with E-state index in [0.717, 1.165) is 5.56 Å². The minimum Gasteiger partial charge on any atom is -0.497 e. The molecule has 1 unspecified atom stereocenters. The third-order valence-electron chi connectivity index (χ3n) is 3.19. The van der Waals surface area contributed by atoms with Gasteiger partial charge < -0.3 is 14.6 Å². The maximum atomic E-state index is 13.9. The highest BCUT2D eigenvalue weighted by molar-refractivity contribution is 5.45. The first-order valence-electron chi connectivity index (χ1n) is 6.23. The van der Waals surface area contributed by atoms with E-state index in [1.165, 1.54) is 13.2 Å². The molecule has 0 amide bonds. The molecule has 2 rings (SSSR count). The molecular formula is C16H17FO3. The van der Waals surface area contributed by atoms with Crippen molar-refractivity contribution in [2.45, 2.75) is 13.0 Å². The summed E-state index contributed by atoms with van der Waals surface area (Å²) in [5, 5.41) is 10.4. The highest BCUT2D eigenvalue weighted by Gasteiger charge is 2.19. The second-order valence-corrected chi connectivity index (χ2v) is 4.54. The maximum Gasteiger partial charge on any atom is 0.129 e. The molecule has 0 aliphatic carbocycles. The number of aliphatic hydroxyl groups excluding tert-OH is 1. The Kier molecular flexibility index (Phi) is 4.25. The monoisotopic (exact) mass is 276 g/mol. The van der Waals surface area contributed by atoms with Crippen molar-refractivity contribution in [2.75, 3.05) is 14.2 Å². The summed E-state index contributed by atoms with van der Waals surface area (Å²) in [6, 6.07) is 9.77. The molecule has 0 aliphatic rings. The van der Waals surface area contributed by atoms with Crippen LogP contribution in [0.4, 0.5) is 4.39 Å². The van der Waals surface area contributed by atoms with Crippen LogP contribution < -0.4 is 9.47 Å². The number of rotatable bonds is 4. The number of benzene rings is 2. The molecule has 0 fully saturated rings. The molecule has 106 valence electrons. The van der Waals surface area contributed by atoms with Crippen molar-refractivity contribution in [3.05, 3.63) is 58.9 Å². The summed E-state index contributed by atoms with van der Waals surface area (Å²) in [6.07, 6.45) is -1.09. The van der Waals surface area contributed by atoms with Gasteiger partial charge in [0, 0.05) is 17.2 Å². The van der Waals surface area contributed by atoms with Gasteiger partial charge in [0.15, 0.2) is 0 Å². The van der Waals surface area contributed by atoms with E-state index in [4.69, 9.17) is 9.47 Å². The Balaban J connectivity index is 2.44. The molecule has 0 radical (unpaired) electrons. The number of ether oxygens (including phenoxy) is 2. The molecule has 0 aromatic heterocycles. The first-order chi connectivity index (χ1) is 9.56. The molecule has 4 heteroatoms. The molecule has 1 N–H and O–H groups in total. The third-order valence-corrected chi connectivity index (χ3v) is 3.19. The second-order valence-electron chi connectivity index (χ2n) is 4.54. The summed E-state index contributed by atoms with van der Waals surface area (Å²) in [5.41, 5.74) is 1.52. The summed E-state index contributed by atoms with van der Waals surface area (Å²) < 4.78 is 24.3. The number of halogens is 1. The van der Waals surface area contributed by atoms with Gasteiger partial charge in [-0.3, -0.25) is 0 Å². The number of hydrogen-bond donors (Lipinski definition) is 1. The van der Waals surface area contributed by atoms with Crippen molar-refractivity contribution in [2.24, 2.45) is 0 Å². The quantitative estimate of drug-likeness (QED) is 0.931. The standard InChI is InChI=1S/C16H17FO3/c1-10-4-6-12(14(17)8-10)16(18)13-7-5-11(19-2)9-15(13)20-3/h4-9,16,18H,1-3H3. The van der Waals surface area contributed by atoms with Gasteiger partial charge in [-0.1, -0.05) is 12.1 Å². The van der Waals surface area contributed by atoms with Crippen molar-refractivity contribution in [3.8, 4) is 11.5 Å². The van der Waals surface area contributed by atoms with Crippen molar-refractivity contribution in [1.82, 2.24) is 0 Å². The lowest BCUT2D eigenvalue weighted by atomic mass is 9.99. The van der Waals surface area contributed by atoms with E-state index in [1.807, 2.05) is 0 Å². The Labute approximate surface area is 117 Å². The van der Waals surface area contributed by atoms with E-state index in [2.05, 4.69) is 0 Å². The normalized spacial score (nSPS) is 12.1. The lowest BCUT2D eigenvalue weighted by molar-refractivity contribution is 0.209. The molecule has 0 heterocycles. The number of hydrogen-bond acceptors (Lipinski definition) is 3. The van der Waals surface area contributed by atoms with Gasteiger partial charge in [0.05, 0.1) is 14.2 Å². The average molecular weight is 276 g/mol. The van der Waals surface area contributed by atoms with Gasteiger partial charge in [0.1, 0.15) is 23.4 Å². The first-order valence-corrected chi connectivity index (χ1v) is 6.23. The fraction of sp³-hybridized carbons (Fsp3) is 0.250. The van der Waals surface area contributed by atoms with Crippen LogP contribution in [-0.4, -0.2) is 19.3 Å². The molecule has 2 aromatic carbocycles. The van der Waals surface area contributed by atoms with Crippen LogP contribution in [0.1, 0.15) is 22.8 Å². The molecule has 0 saturated heterocycles. The molecular weight excluding hydrogens is 259 g/mol. The summed E-state index contributed by atoms with van der Waals surface area (Å²) in [7, 11) is 3.04. The minimum atomic E-state index is -1.09. The Hall–Kier alpha value is -2.07. The van der Waals surface area contributed by atoms with Gasteiger partial charge in [-0.2, -0.15) is 0 Å². The molecule has 1 atom stereocenters. The van der Waals surface area contributed by atoms with Crippen LogP contribution in [0.3, 0.4) is 0 Å². The fourth-order valence-corrected chi connectivity index (χ4v) is 2.07. The Morgan fingerprint density at radius 3 is 2.30 bits per heavy atom. The van der Waals surface area contributed by atoms with Gasteiger partial charge in [-0.25, -0.2) is 4.39 Å². The van der Waals surface area contributed by atoms with E-state index in [-0.39, 0.29) is 5.56 Å². The SMILES string of the molecule is COc1ccc(C(O)c2ccc(C)cc2F)c(OC)c1. The predicted molar refractivity (Wildman–Crippen MR) is 74.7 cm³/mol. The number of aryl methyl sites for hydroxylation is 1. The molecule has 0 aliphatic heterocycles. The number of methoxy groups -OCH3 is 2. The van der Waals surface area contributed by atoms with Gasteiger partial charge >= 0.3 is 0 Å². The summed E-state index contributed by atoms with van der Waals surface area (Å²) in [6.45, 7) is 1.80. The highest BCUT2D eigenvalue weighted by atomic mass is 19.1. The molecule has 3 nitrogen and oxygen atoms in total. The number of aliphatic hydroxyl groups is 1. The summed E-state index contributed by atoms with van der Waals surface area (Å²) >= 11 is 0. The minimum absolute atomic E-state index is 0.221.